The van der Waals surface area contributed by atoms with Gasteiger partial charge in [0.25, 0.3) is 5.91 Å². The zero-order valence-corrected chi connectivity index (χ0v) is 45.1. The molecule has 4 aliphatic rings. The fraction of sp³-hybridized carbons (Fsp3) is 0.796. The van der Waals surface area contributed by atoms with E-state index in [1.165, 1.54) is 51.2 Å². The van der Waals surface area contributed by atoms with E-state index in [1.54, 1.807) is 12.1 Å². The van der Waals surface area contributed by atoms with E-state index in [0.29, 0.717) is 12.4 Å². The third-order valence-corrected chi connectivity index (χ3v) is 14.3. The van der Waals surface area contributed by atoms with Crippen LogP contribution < -0.4 is 26.0 Å². The van der Waals surface area contributed by atoms with Crippen LogP contribution in [0.25, 0.3) is 0 Å². The Balaban J connectivity index is 1.34. The number of unbranched alkanes of at least 4 members (excludes halogenated alkanes) is 8. The van der Waals surface area contributed by atoms with Crippen LogP contribution in [0.1, 0.15) is 103 Å². The Morgan fingerprint density at radius 1 is 0.564 bits per heavy atom. The molecule has 0 aliphatic carbocycles. The standard InChI is InChI=1S/C49H80N4O24S/c1-6-7-8-9-10-11-12-13-14-18-69-29-17-15-16-28(19-29)46(65)53-35-39(61)38(60)30(20-54)72-47(35)75-43-31(21-55)73-48(36(41(43)63)51-26(4)58)76-44-32(22-56)74-49(37(42(44)64)52-27(5)59)77-45-33(23-70-78(66,67)68)71-24(2)34(40(45)62)50-25(3)57/h15-17,19,24,30-45,47-49,54-56,60-64H,6-14,18,20-23H2,1-5H3,(H,50,57)(H,51,58)(H,52,59)(H,53,65)(H,66,67,68)/t24?,30?,31-,32?,33-,34?,35-,36?,37-,38+,39+,40?,41?,42+,43+,44?,45+,47?,48?,49-/m0/s1. The van der Waals surface area contributed by atoms with Crippen molar-refractivity contribution >= 4 is 34.0 Å². The quantitative estimate of drug-likeness (QED) is 0.0292. The normalized spacial score (nSPS) is 35.3. The van der Waals surface area contributed by atoms with Gasteiger partial charge in [-0.1, -0.05) is 64.4 Å². The Bertz CT molecular complexity index is 2170. The smallest absolute Gasteiger partial charge is 0.397 e. The molecule has 5 rings (SSSR count). The number of ether oxygens (including phenoxy) is 8. The molecule has 446 valence electrons. The van der Waals surface area contributed by atoms with E-state index < -0.39 is 183 Å². The molecular formula is C49H80N4O24S. The first-order valence-corrected chi connectivity index (χ1v) is 27.7. The van der Waals surface area contributed by atoms with Crippen molar-refractivity contribution in [3.8, 4) is 5.75 Å². The molecule has 4 amide bonds. The van der Waals surface area contributed by atoms with E-state index in [1.807, 2.05) is 0 Å². The maximum absolute atomic E-state index is 13.8. The highest BCUT2D eigenvalue weighted by molar-refractivity contribution is 7.80. The lowest BCUT2D eigenvalue weighted by molar-refractivity contribution is -0.359. The molecule has 29 heteroatoms. The number of rotatable bonds is 28. The van der Waals surface area contributed by atoms with Gasteiger partial charge in [-0.2, -0.15) is 8.42 Å². The van der Waals surface area contributed by atoms with Crippen LogP contribution in [0.3, 0.4) is 0 Å². The van der Waals surface area contributed by atoms with Crippen molar-refractivity contribution in [2.75, 3.05) is 33.0 Å². The topological polar surface area (TPSA) is 416 Å². The number of benzene rings is 1. The fourth-order valence-corrected chi connectivity index (χ4v) is 10.2. The SMILES string of the molecule is CCCCCCCCCCCOc1cccc(C(=O)N[C@@H]2C(O[C@H]3C(O)C(NC(C)=O)C(OC4C(CO)O[C@@H](O[C@H]5C(O)C(NC(C)=O)C(C)O[C@H]5COS(=O)(=O)O)[C@@H](NC(C)=O)[C@H]4O)O[C@H]3CO)OC(CO)[C@@H](O)[C@@H]2O)c1. The van der Waals surface area contributed by atoms with E-state index >= 15 is 0 Å². The lowest BCUT2D eigenvalue weighted by Gasteiger charge is -2.51. The average Bonchev–Trinajstić information content (AvgIpc) is 3.47. The fourth-order valence-electron chi connectivity index (χ4n) is 9.89. The molecule has 0 radical (unpaired) electrons. The summed E-state index contributed by atoms with van der Waals surface area (Å²) >= 11 is 0. The summed E-state index contributed by atoms with van der Waals surface area (Å²) in [6.07, 6.45) is -17.4. The van der Waals surface area contributed by atoms with Crippen molar-refractivity contribution in [3.05, 3.63) is 29.8 Å². The number of amides is 4. The summed E-state index contributed by atoms with van der Waals surface area (Å²) in [6.45, 7) is 3.51. The highest BCUT2D eigenvalue weighted by Crippen LogP contribution is 2.35. The number of hydrogen-bond donors (Lipinski definition) is 13. The summed E-state index contributed by atoms with van der Waals surface area (Å²) < 4.78 is 85.0. The minimum atomic E-state index is -5.08. The van der Waals surface area contributed by atoms with E-state index in [-0.39, 0.29) is 5.56 Å². The molecule has 28 nitrogen and oxygen atoms in total. The second-order valence-corrected chi connectivity index (χ2v) is 21.0. The average molecular weight is 1140 g/mol. The molecule has 4 heterocycles. The van der Waals surface area contributed by atoms with Crippen LogP contribution in [0.4, 0.5) is 0 Å². The van der Waals surface area contributed by atoms with Crippen LogP contribution in [0.2, 0.25) is 0 Å². The van der Waals surface area contributed by atoms with Gasteiger partial charge in [0.05, 0.1) is 45.2 Å². The molecule has 4 saturated heterocycles. The minimum Gasteiger partial charge on any atom is -0.494 e. The van der Waals surface area contributed by atoms with Crippen molar-refractivity contribution in [2.45, 2.75) is 215 Å². The minimum absolute atomic E-state index is 0.0817. The van der Waals surface area contributed by atoms with Crippen LogP contribution in [0.5, 0.6) is 5.75 Å². The summed E-state index contributed by atoms with van der Waals surface area (Å²) in [6, 6.07) is -0.0193. The summed E-state index contributed by atoms with van der Waals surface area (Å²) in [5, 5.41) is 99.3. The molecule has 0 aromatic heterocycles. The molecule has 78 heavy (non-hydrogen) atoms. The summed E-state index contributed by atoms with van der Waals surface area (Å²) in [5.41, 5.74) is 0.0817. The lowest BCUT2D eigenvalue weighted by Crippen LogP contribution is -2.71. The van der Waals surface area contributed by atoms with Gasteiger partial charge in [-0.05, 0) is 31.5 Å². The van der Waals surface area contributed by atoms with Gasteiger partial charge in [0, 0.05) is 26.3 Å². The van der Waals surface area contributed by atoms with Gasteiger partial charge in [-0.15, -0.1) is 0 Å². The molecule has 13 N–H and O–H groups in total. The number of hydrogen-bond acceptors (Lipinski definition) is 23. The van der Waals surface area contributed by atoms with Crippen molar-refractivity contribution in [1.82, 2.24) is 21.3 Å². The molecule has 0 saturated carbocycles. The molecule has 4 fully saturated rings. The van der Waals surface area contributed by atoms with E-state index in [4.69, 9.17) is 37.9 Å². The Kier molecular flexibility index (Phi) is 25.7. The molecule has 1 aromatic carbocycles. The van der Waals surface area contributed by atoms with Crippen LogP contribution in [-0.4, -0.2) is 233 Å². The first kappa shape index (κ1) is 65.0. The molecule has 0 bridgehead atoms. The van der Waals surface area contributed by atoms with Gasteiger partial charge >= 0.3 is 10.4 Å². The van der Waals surface area contributed by atoms with Gasteiger partial charge in [0.2, 0.25) is 17.7 Å². The van der Waals surface area contributed by atoms with E-state index in [0.717, 1.165) is 46.5 Å². The number of aliphatic hydroxyl groups is 8. The largest absolute Gasteiger partial charge is 0.494 e. The number of carbonyl (C=O) groups is 4. The molecule has 10 unspecified atom stereocenters. The van der Waals surface area contributed by atoms with Crippen molar-refractivity contribution in [3.63, 3.8) is 0 Å². The van der Waals surface area contributed by atoms with Crippen molar-refractivity contribution in [2.24, 2.45) is 0 Å². The summed E-state index contributed by atoms with van der Waals surface area (Å²) in [7, 11) is -5.08. The highest BCUT2D eigenvalue weighted by atomic mass is 32.3. The van der Waals surface area contributed by atoms with Crippen LogP contribution in [0.15, 0.2) is 24.3 Å². The predicted molar refractivity (Wildman–Crippen MR) is 267 cm³/mol. The molecule has 20 atom stereocenters. The monoisotopic (exact) mass is 1140 g/mol. The first-order valence-electron chi connectivity index (χ1n) is 26.3. The third kappa shape index (κ3) is 18.1. The highest BCUT2D eigenvalue weighted by Gasteiger charge is 2.56. The Labute approximate surface area is 452 Å². The van der Waals surface area contributed by atoms with Crippen LogP contribution >= 0.6 is 0 Å². The van der Waals surface area contributed by atoms with Gasteiger partial charge in [0.1, 0.15) is 97.1 Å². The summed E-state index contributed by atoms with van der Waals surface area (Å²) in [5.74, 6) is -2.58. The van der Waals surface area contributed by atoms with Gasteiger partial charge in [0.15, 0.2) is 18.9 Å². The Hall–Kier alpha value is -3.83. The van der Waals surface area contributed by atoms with Gasteiger partial charge < -0.3 is 100 Å². The van der Waals surface area contributed by atoms with Crippen LogP contribution in [0, 0.1) is 0 Å². The number of nitrogens with one attached hydrogen (secondary N) is 4. The maximum atomic E-state index is 13.8. The predicted octanol–water partition coefficient (Wildman–Crippen LogP) is -3.07. The first-order chi connectivity index (χ1) is 37.0. The third-order valence-electron chi connectivity index (χ3n) is 13.8. The van der Waals surface area contributed by atoms with Gasteiger partial charge in [-0.3, -0.25) is 23.7 Å². The molecule has 4 aliphatic heterocycles. The maximum Gasteiger partial charge on any atom is 0.397 e. The van der Waals surface area contributed by atoms with Gasteiger partial charge in [-0.25, -0.2) is 4.18 Å². The number of carbonyl (C=O) groups excluding carboxylic acids is 4. The zero-order valence-electron chi connectivity index (χ0n) is 44.3. The second kappa shape index (κ2) is 30.8. The molecular weight excluding hydrogens is 1060 g/mol. The zero-order chi connectivity index (χ0) is 57.4. The molecule has 0 spiro atoms. The van der Waals surface area contributed by atoms with Crippen LogP contribution in [-0.2, 0) is 62.1 Å². The second-order valence-electron chi connectivity index (χ2n) is 19.9. The lowest BCUT2D eigenvalue weighted by atomic mass is 9.92. The Morgan fingerprint density at radius 3 is 1.47 bits per heavy atom. The van der Waals surface area contributed by atoms with E-state index in [9.17, 15) is 73.0 Å². The summed E-state index contributed by atoms with van der Waals surface area (Å²) in [4.78, 5) is 51.3. The van der Waals surface area contributed by atoms with E-state index in [2.05, 4.69) is 32.4 Å². The number of aliphatic hydroxyl groups excluding tert-OH is 8. The van der Waals surface area contributed by atoms with Crippen molar-refractivity contribution in [1.29, 1.82) is 0 Å². The Morgan fingerprint density at radius 2 is 1.00 bits per heavy atom. The molecule has 1 aromatic rings. The van der Waals surface area contributed by atoms with Crippen molar-refractivity contribution < 1.29 is 115 Å².